The minimum absolute atomic E-state index is 0. The summed E-state index contributed by atoms with van der Waals surface area (Å²) in [6.07, 6.45) is 8.09. The highest BCUT2D eigenvalue weighted by atomic mass is 32.1. The van der Waals surface area contributed by atoms with E-state index in [4.69, 9.17) is 20.8 Å². The predicted molar refractivity (Wildman–Crippen MR) is 136 cm³/mol. The number of hydrogen-bond donors (Lipinski definition) is 1. The lowest BCUT2D eigenvalue weighted by atomic mass is 9.98. The van der Waals surface area contributed by atoms with Crippen molar-refractivity contribution in [1.82, 2.24) is 24.6 Å². The molecule has 6 rings (SSSR count). The van der Waals surface area contributed by atoms with E-state index < -0.39 is 0 Å². The number of aromatic nitrogens is 5. The van der Waals surface area contributed by atoms with Crippen molar-refractivity contribution in [3.63, 3.8) is 0 Å². The van der Waals surface area contributed by atoms with E-state index in [1.807, 2.05) is 16.8 Å². The molecule has 0 spiro atoms. The molecule has 2 fully saturated rings. The van der Waals surface area contributed by atoms with Gasteiger partial charge in [0.25, 0.3) is 0 Å². The van der Waals surface area contributed by atoms with Gasteiger partial charge >= 0.3 is 0 Å². The highest BCUT2D eigenvalue weighted by Gasteiger charge is 2.29. The first-order valence-corrected chi connectivity index (χ1v) is 11.5. The first-order valence-electron chi connectivity index (χ1n) is 11.5. The van der Waals surface area contributed by atoms with Crippen LogP contribution in [0.5, 0.6) is 0 Å². The molecule has 0 radical (unpaired) electrons. The lowest BCUT2D eigenvalue weighted by Crippen LogP contribution is -2.34. The number of nitrogens with two attached hydrogens (primary N) is 1. The van der Waals surface area contributed by atoms with E-state index in [0.29, 0.717) is 0 Å². The maximum atomic E-state index is 6.09. The van der Waals surface area contributed by atoms with Crippen LogP contribution in [0.4, 0.5) is 11.6 Å². The van der Waals surface area contributed by atoms with Crippen LogP contribution in [-0.2, 0) is 0 Å². The van der Waals surface area contributed by atoms with Gasteiger partial charge in [0.2, 0.25) is 0 Å². The molecule has 0 saturated carbocycles. The third-order valence-corrected chi connectivity index (χ3v) is 6.76. The molecule has 5 heterocycles. The zero-order valence-electron chi connectivity index (χ0n) is 18.9. The monoisotopic (exact) mass is 462 g/mol. The van der Waals surface area contributed by atoms with E-state index >= 15 is 0 Å². The standard InChI is InChI=1S/C24H28N8.H2S/c1-16-5-6-19-18(12-16)24(27-15-26-19)31-9-3-2-4-21(31)20-13-23-28-22(8-11-32(23)29-20)30-10-7-17(25)14-30;/h5-6,8,11-13,15,17,21H,2-4,7,9-10,14,25H2,1H3;1H2/t17-,21+;/m1./s1. The molecule has 2 atom stereocenters. The number of anilines is 2. The molecule has 2 N–H and O–H groups in total. The Morgan fingerprint density at radius 3 is 2.79 bits per heavy atom. The fourth-order valence-corrected chi connectivity index (χ4v) is 5.10. The van der Waals surface area contributed by atoms with Gasteiger partial charge in [-0.3, -0.25) is 0 Å². The number of benzene rings is 1. The lowest BCUT2D eigenvalue weighted by molar-refractivity contribution is 0.461. The van der Waals surface area contributed by atoms with Crippen molar-refractivity contribution >= 4 is 41.7 Å². The van der Waals surface area contributed by atoms with E-state index in [2.05, 4.69) is 46.0 Å². The van der Waals surface area contributed by atoms with Crippen LogP contribution in [0.3, 0.4) is 0 Å². The Hall–Kier alpha value is -2.91. The molecular formula is C24H30N8S. The molecule has 2 saturated heterocycles. The van der Waals surface area contributed by atoms with Crippen molar-refractivity contribution in [2.75, 3.05) is 29.4 Å². The van der Waals surface area contributed by atoms with Gasteiger partial charge in [-0.25, -0.2) is 19.5 Å². The number of piperidine rings is 1. The number of fused-ring (bicyclic) bond motifs is 2. The predicted octanol–water partition coefficient (Wildman–Crippen LogP) is 3.36. The van der Waals surface area contributed by atoms with Crippen molar-refractivity contribution in [2.24, 2.45) is 5.73 Å². The van der Waals surface area contributed by atoms with Gasteiger partial charge in [0.15, 0.2) is 5.65 Å². The summed E-state index contributed by atoms with van der Waals surface area (Å²) in [4.78, 5) is 18.8. The second kappa shape index (κ2) is 8.79. The molecular weight excluding hydrogens is 432 g/mol. The highest BCUT2D eigenvalue weighted by molar-refractivity contribution is 7.59. The molecule has 0 amide bonds. The zero-order chi connectivity index (χ0) is 21.7. The molecule has 0 unspecified atom stereocenters. The van der Waals surface area contributed by atoms with Gasteiger partial charge in [-0.1, -0.05) is 11.6 Å². The molecule has 8 nitrogen and oxygen atoms in total. The summed E-state index contributed by atoms with van der Waals surface area (Å²) in [6.45, 7) is 4.90. The first kappa shape index (κ1) is 21.9. The first-order chi connectivity index (χ1) is 15.7. The molecule has 172 valence electrons. The summed E-state index contributed by atoms with van der Waals surface area (Å²) in [5, 5.41) is 6.02. The summed E-state index contributed by atoms with van der Waals surface area (Å²) >= 11 is 0. The van der Waals surface area contributed by atoms with E-state index in [9.17, 15) is 0 Å². The molecule has 0 aliphatic carbocycles. The molecule has 0 bridgehead atoms. The molecule has 9 heteroatoms. The second-order valence-electron chi connectivity index (χ2n) is 9.08. The van der Waals surface area contributed by atoms with Crippen LogP contribution < -0.4 is 15.5 Å². The molecule has 33 heavy (non-hydrogen) atoms. The van der Waals surface area contributed by atoms with Crippen LogP contribution in [0.1, 0.15) is 43.0 Å². The SMILES string of the molecule is Cc1ccc2ncnc(N3CCCC[C@H]3c3cc4nc(N5CC[C@@H](N)C5)ccn4n3)c2c1.S. The van der Waals surface area contributed by atoms with Gasteiger partial charge in [0, 0.05) is 43.3 Å². The van der Waals surface area contributed by atoms with Crippen molar-refractivity contribution in [3.05, 3.63) is 54.1 Å². The van der Waals surface area contributed by atoms with Gasteiger partial charge in [-0.2, -0.15) is 18.6 Å². The average Bonchev–Trinajstić information content (AvgIpc) is 3.44. The topological polar surface area (TPSA) is 88.5 Å². The number of rotatable bonds is 3. The van der Waals surface area contributed by atoms with Gasteiger partial charge in [-0.05, 0) is 50.8 Å². The Morgan fingerprint density at radius 2 is 1.94 bits per heavy atom. The molecule has 1 aromatic carbocycles. The van der Waals surface area contributed by atoms with Crippen molar-refractivity contribution in [2.45, 2.75) is 44.7 Å². The third-order valence-electron chi connectivity index (χ3n) is 6.76. The zero-order valence-corrected chi connectivity index (χ0v) is 19.9. The molecule has 3 aromatic heterocycles. The summed E-state index contributed by atoms with van der Waals surface area (Å²) in [5.74, 6) is 1.98. The molecule has 2 aliphatic rings. The summed E-state index contributed by atoms with van der Waals surface area (Å²) in [5.41, 5.74) is 10.2. The van der Waals surface area contributed by atoms with E-state index in [1.165, 1.54) is 12.0 Å². The summed E-state index contributed by atoms with van der Waals surface area (Å²) in [7, 11) is 0. The van der Waals surface area contributed by atoms with Gasteiger partial charge in [-0.15, -0.1) is 0 Å². The van der Waals surface area contributed by atoms with E-state index in [1.54, 1.807) is 6.33 Å². The van der Waals surface area contributed by atoms with Crippen LogP contribution >= 0.6 is 13.5 Å². The van der Waals surface area contributed by atoms with Crippen molar-refractivity contribution in [1.29, 1.82) is 0 Å². The second-order valence-corrected chi connectivity index (χ2v) is 9.08. The fraction of sp³-hybridized carbons (Fsp3) is 0.417. The minimum atomic E-state index is 0. The fourth-order valence-electron chi connectivity index (χ4n) is 5.10. The highest BCUT2D eigenvalue weighted by Crippen LogP contribution is 2.37. The lowest BCUT2D eigenvalue weighted by Gasteiger charge is -2.36. The number of nitrogens with zero attached hydrogens (tertiary/aromatic N) is 7. The Morgan fingerprint density at radius 1 is 1.03 bits per heavy atom. The van der Waals surface area contributed by atoms with Crippen LogP contribution in [0.15, 0.2) is 42.9 Å². The third kappa shape index (κ3) is 4.00. The van der Waals surface area contributed by atoms with Gasteiger partial charge in [0.1, 0.15) is 18.0 Å². The van der Waals surface area contributed by atoms with Crippen LogP contribution in [0.2, 0.25) is 0 Å². The summed E-state index contributed by atoms with van der Waals surface area (Å²) in [6, 6.07) is 11.0. The Balaban J connectivity index is 0.00000228. The largest absolute Gasteiger partial charge is 0.355 e. The Kier molecular flexibility index (Phi) is 5.84. The maximum Gasteiger partial charge on any atom is 0.157 e. The van der Waals surface area contributed by atoms with Crippen molar-refractivity contribution < 1.29 is 0 Å². The van der Waals surface area contributed by atoms with Crippen LogP contribution in [0, 0.1) is 6.92 Å². The number of aryl methyl sites for hydroxylation is 1. The van der Waals surface area contributed by atoms with Crippen molar-refractivity contribution in [3.8, 4) is 0 Å². The smallest absolute Gasteiger partial charge is 0.157 e. The van der Waals surface area contributed by atoms with E-state index in [0.717, 1.165) is 72.8 Å². The Bertz CT molecular complexity index is 1290. The maximum absolute atomic E-state index is 6.09. The Labute approximate surface area is 200 Å². The van der Waals surface area contributed by atoms with Gasteiger partial charge < -0.3 is 15.5 Å². The molecule has 2 aliphatic heterocycles. The summed E-state index contributed by atoms with van der Waals surface area (Å²) < 4.78 is 1.89. The van der Waals surface area contributed by atoms with E-state index in [-0.39, 0.29) is 25.6 Å². The quantitative estimate of drug-likeness (QED) is 0.499. The van der Waals surface area contributed by atoms with Crippen LogP contribution in [-0.4, -0.2) is 50.2 Å². The normalized spacial score (nSPS) is 21.0. The minimum Gasteiger partial charge on any atom is -0.355 e. The van der Waals surface area contributed by atoms with Gasteiger partial charge in [0.05, 0.1) is 17.3 Å². The molecule has 4 aromatic rings. The number of hydrogen-bond acceptors (Lipinski definition) is 7. The van der Waals surface area contributed by atoms with Crippen LogP contribution in [0.25, 0.3) is 16.6 Å². The average molecular weight is 463 g/mol.